The van der Waals surface area contributed by atoms with E-state index in [0.717, 1.165) is 13.1 Å². The van der Waals surface area contributed by atoms with Crippen molar-refractivity contribution < 1.29 is 5.11 Å². The Kier molecular flexibility index (Phi) is 5.44. The molecule has 1 aromatic rings. The number of phenols is 1. The van der Waals surface area contributed by atoms with Crippen LogP contribution in [0, 0.1) is 5.92 Å². The van der Waals surface area contributed by atoms with Crippen molar-refractivity contribution >= 4 is 0 Å². The molecule has 3 N–H and O–H groups in total. The second kappa shape index (κ2) is 7.09. The highest BCUT2D eigenvalue weighted by Crippen LogP contribution is 2.33. The Balaban J connectivity index is 2.17. The normalized spacial score (nSPS) is 24.8. The van der Waals surface area contributed by atoms with Crippen LogP contribution in [0.5, 0.6) is 5.75 Å². The molecule has 0 radical (unpaired) electrons. The van der Waals surface area contributed by atoms with Crippen LogP contribution in [0.2, 0.25) is 0 Å². The highest BCUT2D eigenvalue weighted by molar-refractivity contribution is 5.29. The largest absolute Gasteiger partial charge is 0.508 e. The molecule has 1 saturated carbocycles. The standard InChI is InChI=1S/C17H28N2O/c1-3-19(17-10-5-4-7-15(17)12-18)13(2)14-8-6-9-16(20)11-14/h6,8-9,11,13,15,17,20H,3-5,7,10,12,18H2,1-2H3. The lowest BCUT2D eigenvalue weighted by Gasteiger charge is -2.42. The van der Waals surface area contributed by atoms with E-state index in [1.165, 1.54) is 31.2 Å². The number of nitrogens with zero attached hydrogens (tertiary/aromatic N) is 1. The fourth-order valence-corrected chi connectivity index (χ4v) is 3.67. The molecule has 0 bridgehead atoms. The molecular formula is C17H28N2O. The molecular weight excluding hydrogens is 248 g/mol. The van der Waals surface area contributed by atoms with E-state index >= 15 is 0 Å². The van der Waals surface area contributed by atoms with Crippen LogP contribution in [0.1, 0.15) is 51.1 Å². The van der Waals surface area contributed by atoms with Gasteiger partial charge in [0, 0.05) is 12.1 Å². The maximum atomic E-state index is 9.69. The summed E-state index contributed by atoms with van der Waals surface area (Å²) in [6.45, 7) is 6.27. The van der Waals surface area contributed by atoms with Gasteiger partial charge in [0.1, 0.15) is 5.75 Å². The van der Waals surface area contributed by atoms with Crippen LogP contribution in [0.3, 0.4) is 0 Å². The number of nitrogens with two attached hydrogens (primary N) is 1. The Bertz CT molecular complexity index is 421. The van der Waals surface area contributed by atoms with E-state index in [0.29, 0.717) is 23.8 Å². The van der Waals surface area contributed by atoms with Gasteiger partial charge >= 0.3 is 0 Å². The van der Waals surface area contributed by atoms with Gasteiger partial charge in [0.25, 0.3) is 0 Å². The zero-order valence-corrected chi connectivity index (χ0v) is 12.8. The van der Waals surface area contributed by atoms with Gasteiger partial charge in [-0.3, -0.25) is 4.90 Å². The second-order valence-electron chi connectivity index (χ2n) is 5.95. The third kappa shape index (κ3) is 3.33. The first kappa shape index (κ1) is 15.3. The van der Waals surface area contributed by atoms with Crippen molar-refractivity contribution in [2.24, 2.45) is 11.7 Å². The third-order valence-electron chi connectivity index (χ3n) is 4.81. The second-order valence-corrected chi connectivity index (χ2v) is 5.95. The van der Waals surface area contributed by atoms with Crippen molar-refractivity contribution in [3.63, 3.8) is 0 Å². The van der Waals surface area contributed by atoms with Crippen molar-refractivity contribution in [3.8, 4) is 5.75 Å². The summed E-state index contributed by atoms with van der Waals surface area (Å²) in [4.78, 5) is 2.56. The fraction of sp³-hybridized carbons (Fsp3) is 0.647. The van der Waals surface area contributed by atoms with E-state index in [1.807, 2.05) is 12.1 Å². The average Bonchev–Trinajstić information content (AvgIpc) is 2.48. The van der Waals surface area contributed by atoms with Crippen LogP contribution in [-0.2, 0) is 0 Å². The van der Waals surface area contributed by atoms with E-state index in [2.05, 4.69) is 24.8 Å². The zero-order chi connectivity index (χ0) is 14.5. The minimum Gasteiger partial charge on any atom is -0.508 e. The van der Waals surface area contributed by atoms with E-state index in [9.17, 15) is 5.11 Å². The molecule has 0 spiro atoms. The highest BCUT2D eigenvalue weighted by atomic mass is 16.3. The summed E-state index contributed by atoms with van der Waals surface area (Å²) < 4.78 is 0. The van der Waals surface area contributed by atoms with E-state index in [-0.39, 0.29) is 0 Å². The van der Waals surface area contributed by atoms with Gasteiger partial charge in [0.15, 0.2) is 0 Å². The number of hydrogen-bond acceptors (Lipinski definition) is 3. The van der Waals surface area contributed by atoms with Crippen LogP contribution in [0.4, 0.5) is 0 Å². The molecule has 1 aromatic carbocycles. The topological polar surface area (TPSA) is 49.5 Å². The number of hydrogen-bond donors (Lipinski definition) is 2. The summed E-state index contributed by atoms with van der Waals surface area (Å²) in [5.74, 6) is 0.966. The van der Waals surface area contributed by atoms with Gasteiger partial charge in [-0.05, 0) is 56.5 Å². The smallest absolute Gasteiger partial charge is 0.115 e. The van der Waals surface area contributed by atoms with Gasteiger partial charge in [-0.15, -0.1) is 0 Å². The first-order valence-electron chi connectivity index (χ1n) is 7.92. The minimum absolute atomic E-state index is 0.323. The predicted molar refractivity (Wildman–Crippen MR) is 83.7 cm³/mol. The maximum absolute atomic E-state index is 9.69. The molecule has 1 aliphatic carbocycles. The van der Waals surface area contributed by atoms with Gasteiger partial charge in [-0.1, -0.05) is 31.9 Å². The molecule has 3 nitrogen and oxygen atoms in total. The molecule has 1 fully saturated rings. The highest BCUT2D eigenvalue weighted by Gasteiger charge is 2.31. The molecule has 3 unspecified atom stereocenters. The lowest BCUT2D eigenvalue weighted by Crippen LogP contribution is -2.46. The summed E-state index contributed by atoms with van der Waals surface area (Å²) in [5, 5.41) is 9.69. The first-order valence-corrected chi connectivity index (χ1v) is 7.92. The summed E-state index contributed by atoms with van der Waals surface area (Å²) in [5.41, 5.74) is 7.17. The number of phenolic OH excluding ortho intramolecular Hbond substituents is 1. The van der Waals surface area contributed by atoms with Crippen LogP contribution >= 0.6 is 0 Å². The molecule has 3 atom stereocenters. The van der Waals surface area contributed by atoms with Gasteiger partial charge in [-0.25, -0.2) is 0 Å². The van der Waals surface area contributed by atoms with E-state index in [1.54, 1.807) is 6.07 Å². The van der Waals surface area contributed by atoms with Crippen molar-refractivity contribution in [2.45, 2.75) is 51.6 Å². The number of rotatable bonds is 5. The molecule has 0 saturated heterocycles. The Morgan fingerprint density at radius 2 is 2.10 bits per heavy atom. The number of aromatic hydroxyl groups is 1. The summed E-state index contributed by atoms with van der Waals surface area (Å²) in [6.07, 6.45) is 5.13. The van der Waals surface area contributed by atoms with E-state index in [4.69, 9.17) is 5.73 Å². The van der Waals surface area contributed by atoms with Crippen LogP contribution in [0.15, 0.2) is 24.3 Å². The van der Waals surface area contributed by atoms with Crippen molar-refractivity contribution in [3.05, 3.63) is 29.8 Å². The fourth-order valence-electron chi connectivity index (χ4n) is 3.67. The first-order chi connectivity index (χ1) is 9.67. The van der Waals surface area contributed by atoms with Crippen LogP contribution in [-0.4, -0.2) is 29.1 Å². The average molecular weight is 276 g/mol. The number of benzene rings is 1. The minimum atomic E-state index is 0.323. The molecule has 0 aromatic heterocycles. The molecule has 0 amide bonds. The predicted octanol–water partition coefficient (Wildman–Crippen LogP) is 3.29. The lowest BCUT2D eigenvalue weighted by molar-refractivity contribution is 0.0769. The molecule has 2 rings (SSSR count). The maximum Gasteiger partial charge on any atom is 0.115 e. The molecule has 1 aliphatic rings. The summed E-state index contributed by atoms with van der Waals surface area (Å²) in [6, 6.07) is 8.55. The lowest BCUT2D eigenvalue weighted by atomic mass is 9.82. The quantitative estimate of drug-likeness (QED) is 0.867. The molecule has 0 heterocycles. The Labute approximate surface area is 122 Å². The molecule has 0 aliphatic heterocycles. The Morgan fingerprint density at radius 1 is 1.35 bits per heavy atom. The van der Waals surface area contributed by atoms with Crippen LogP contribution < -0.4 is 5.73 Å². The third-order valence-corrected chi connectivity index (χ3v) is 4.81. The van der Waals surface area contributed by atoms with Gasteiger partial charge in [0.2, 0.25) is 0 Å². The van der Waals surface area contributed by atoms with Gasteiger partial charge < -0.3 is 10.8 Å². The van der Waals surface area contributed by atoms with Crippen molar-refractivity contribution in [1.29, 1.82) is 0 Å². The van der Waals surface area contributed by atoms with Gasteiger partial charge in [-0.2, -0.15) is 0 Å². The van der Waals surface area contributed by atoms with Gasteiger partial charge in [0.05, 0.1) is 0 Å². The molecule has 112 valence electrons. The molecule has 20 heavy (non-hydrogen) atoms. The summed E-state index contributed by atoms with van der Waals surface area (Å²) >= 11 is 0. The Morgan fingerprint density at radius 3 is 2.75 bits per heavy atom. The SMILES string of the molecule is CCN(C(C)c1cccc(O)c1)C1CCCCC1CN. The van der Waals surface area contributed by atoms with Crippen molar-refractivity contribution in [2.75, 3.05) is 13.1 Å². The zero-order valence-electron chi connectivity index (χ0n) is 12.8. The van der Waals surface area contributed by atoms with Crippen molar-refractivity contribution in [1.82, 2.24) is 4.90 Å². The van der Waals surface area contributed by atoms with Crippen LogP contribution in [0.25, 0.3) is 0 Å². The van der Waals surface area contributed by atoms with E-state index < -0.39 is 0 Å². The Hall–Kier alpha value is -1.06. The monoisotopic (exact) mass is 276 g/mol. The molecule has 3 heteroatoms. The summed E-state index contributed by atoms with van der Waals surface area (Å²) in [7, 11) is 0.